The van der Waals surface area contributed by atoms with Crippen LogP contribution in [0.15, 0.2) is 24.3 Å². The SMILES string of the molecule is NCCc1ccc(C(=O)NCC2CC2)cc1. The molecule has 3 N–H and O–H groups in total. The summed E-state index contributed by atoms with van der Waals surface area (Å²) in [6.45, 7) is 1.47. The summed E-state index contributed by atoms with van der Waals surface area (Å²) in [5.41, 5.74) is 7.39. The van der Waals surface area contributed by atoms with Crippen molar-refractivity contribution in [3.8, 4) is 0 Å². The van der Waals surface area contributed by atoms with Gasteiger partial charge in [-0.3, -0.25) is 4.79 Å². The zero-order valence-electron chi connectivity index (χ0n) is 9.41. The van der Waals surface area contributed by atoms with Crippen LogP contribution in [-0.2, 0) is 6.42 Å². The molecule has 0 unspecified atom stereocenters. The maximum Gasteiger partial charge on any atom is 0.251 e. The van der Waals surface area contributed by atoms with E-state index >= 15 is 0 Å². The van der Waals surface area contributed by atoms with Crippen LogP contribution < -0.4 is 11.1 Å². The van der Waals surface area contributed by atoms with Crippen LogP contribution in [0.5, 0.6) is 0 Å². The minimum atomic E-state index is 0.0335. The molecule has 0 saturated heterocycles. The van der Waals surface area contributed by atoms with Crippen molar-refractivity contribution < 1.29 is 4.79 Å². The fraction of sp³-hybridized carbons (Fsp3) is 0.462. The topological polar surface area (TPSA) is 55.1 Å². The van der Waals surface area contributed by atoms with Crippen LogP contribution in [0.2, 0.25) is 0 Å². The average molecular weight is 218 g/mol. The fourth-order valence-corrected chi connectivity index (χ4v) is 1.65. The smallest absolute Gasteiger partial charge is 0.251 e. The van der Waals surface area contributed by atoms with Crippen LogP contribution in [0.4, 0.5) is 0 Å². The van der Waals surface area contributed by atoms with Crippen molar-refractivity contribution in [2.45, 2.75) is 19.3 Å². The summed E-state index contributed by atoms with van der Waals surface area (Å²) in [6, 6.07) is 7.68. The molecule has 3 heteroatoms. The van der Waals surface area contributed by atoms with E-state index in [0.29, 0.717) is 6.54 Å². The van der Waals surface area contributed by atoms with Gasteiger partial charge in [0.05, 0.1) is 0 Å². The monoisotopic (exact) mass is 218 g/mol. The van der Waals surface area contributed by atoms with Gasteiger partial charge in [-0.15, -0.1) is 0 Å². The highest BCUT2D eigenvalue weighted by Crippen LogP contribution is 2.27. The molecule has 86 valence electrons. The van der Waals surface area contributed by atoms with Gasteiger partial charge in [0, 0.05) is 12.1 Å². The molecule has 1 aliphatic carbocycles. The second-order valence-corrected chi connectivity index (χ2v) is 4.39. The third kappa shape index (κ3) is 3.07. The van der Waals surface area contributed by atoms with E-state index in [0.717, 1.165) is 24.4 Å². The van der Waals surface area contributed by atoms with Crippen molar-refractivity contribution in [2.24, 2.45) is 11.7 Å². The number of carbonyl (C=O) groups excluding carboxylic acids is 1. The first kappa shape index (κ1) is 11.1. The van der Waals surface area contributed by atoms with Gasteiger partial charge in [-0.1, -0.05) is 12.1 Å². The summed E-state index contributed by atoms with van der Waals surface area (Å²) in [4.78, 5) is 11.7. The Kier molecular flexibility index (Phi) is 3.57. The van der Waals surface area contributed by atoms with Crippen molar-refractivity contribution in [3.05, 3.63) is 35.4 Å². The number of hydrogen-bond donors (Lipinski definition) is 2. The normalized spacial score (nSPS) is 14.8. The van der Waals surface area contributed by atoms with Crippen LogP contribution >= 0.6 is 0 Å². The molecule has 1 aliphatic rings. The third-order valence-electron chi connectivity index (χ3n) is 2.90. The molecule has 1 fully saturated rings. The van der Waals surface area contributed by atoms with Gasteiger partial charge in [-0.25, -0.2) is 0 Å². The Hall–Kier alpha value is -1.35. The molecular formula is C13H18N2O. The Balaban J connectivity index is 1.88. The van der Waals surface area contributed by atoms with E-state index in [9.17, 15) is 4.79 Å². The maximum atomic E-state index is 11.7. The lowest BCUT2D eigenvalue weighted by Crippen LogP contribution is -2.25. The molecule has 0 aliphatic heterocycles. The second-order valence-electron chi connectivity index (χ2n) is 4.39. The molecule has 1 aromatic carbocycles. The molecular weight excluding hydrogens is 200 g/mol. The number of benzene rings is 1. The number of carbonyl (C=O) groups is 1. The first-order valence-electron chi connectivity index (χ1n) is 5.87. The molecule has 2 rings (SSSR count). The molecule has 0 bridgehead atoms. The number of nitrogens with two attached hydrogens (primary N) is 1. The summed E-state index contributed by atoms with van der Waals surface area (Å²) < 4.78 is 0. The first-order chi connectivity index (χ1) is 7.79. The van der Waals surface area contributed by atoms with Crippen molar-refractivity contribution in [1.82, 2.24) is 5.32 Å². The van der Waals surface area contributed by atoms with Gasteiger partial charge in [0.2, 0.25) is 0 Å². The maximum absolute atomic E-state index is 11.7. The number of amides is 1. The van der Waals surface area contributed by atoms with Gasteiger partial charge < -0.3 is 11.1 Å². The van der Waals surface area contributed by atoms with Gasteiger partial charge in [-0.05, 0) is 49.4 Å². The van der Waals surface area contributed by atoms with Crippen molar-refractivity contribution in [3.63, 3.8) is 0 Å². The Morgan fingerprint density at radius 2 is 2.00 bits per heavy atom. The minimum absolute atomic E-state index is 0.0335. The van der Waals surface area contributed by atoms with E-state index in [1.165, 1.54) is 18.4 Å². The third-order valence-corrected chi connectivity index (χ3v) is 2.90. The Morgan fingerprint density at radius 1 is 1.31 bits per heavy atom. The quantitative estimate of drug-likeness (QED) is 0.783. The summed E-state index contributed by atoms with van der Waals surface area (Å²) in [5.74, 6) is 0.756. The van der Waals surface area contributed by atoms with Gasteiger partial charge >= 0.3 is 0 Å². The molecule has 1 aromatic rings. The summed E-state index contributed by atoms with van der Waals surface area (Å²) in [5, 5.41) is 2.95. The summed E-state index contributed by atoms with van der Waals surface area (Å²) in [7, 11) is 0. The molecule has 0 aromatic heterocycles. The van der Waals surface area contributed by atoms with Gasteiger partial charge in [0.25, 0.3) is 5.91 Å². The molecule has 0 radical (unpaired) electrons. The van der Waals surface area contributed by atoms with Crippen LogP contribution in [0.3, 0.4) is 0 Å². The molecule has 0 spiro atoms. The zero-order chi connectivity index (χ0) is 11.4. The number of hydrogen-bond acceptors (Lipinski definition) is 2. The minimum Gasteiger partial charge on any atom is -0.352 e. The summed E-state index contributed by atoms with van der Waals surface area (Å²) in [6.07, 6.45) is 3.38. The van der Waals surface area contributed by atoms with Crippen molar-refractivity contribution >= 4 is 5.91 Å². The van der Waals surface area contributed by atoms with Crippen LogP contribution in [0, 0.1) is 5.92 Å². The Bertz CT molecular complexity index is 355. The van der Waals surface area contributed by atoms with E-state index < -0.39 is 0 Å². The van der Waals surface area contributed by atoms with Crippen molar-refractivity contribution in [2.75, 3.05) is 13.1 Å². The lowest BCUT2D eigenvalue weighted by atomic mass is 10.1. The molecule has 1 saturated carbocycles. The van der Waals surface area contributed by atoms with Crippen molar-refractivity contribution in [1.29, 1.82) is 0 Å². The predicted molar refractivity (Wildman–Crippen MR) is 64.3 cm³/mol. The Labute approximate surface area is 96.0 Å². The van der Waals surface area contributed by atoms with Crippen LogP contribution in [-0.4, -0.2) is 19.0 Å². The van der Waals surface area contributed by atoms with E-state index in [4.69, 9.17) is 5.73 Å². The second kappa shape index (κ2) is 5.12. The molecule has 1 amide bonds. The zero-order valence-corrected chi connectivity index (χ0v) is 9.41. The van der Waals surface area contributed by atoms with Gasteiger partial charge in [0.15, 0.2) is 0 Å². The van der Waals surface area contributed by atoms with E-state index in [1.54, 1.807) is 0 Å². The highest BCUT2D eigenvalue weighted by Gasteiger charge is 2.21. The molecule has 3 nitrogen and oxygen atoms in total. The largest absolute Gasteiger partial charge is 0.352 e. The van der Waals surface area contributed by atoms with Gasteiger partial charge in [-0.2, -0.15) is 0 Å². The number of rotatable bonds is 5. The Morgan fingerprint density at radius 3 is 2.56 bits per heavy atom. The number of nitrogens with one attached hydrogen (secondary N) is 1. The summed E-state index contributed by atoms with van der Waals surface area (Å²) >= 11 is 0. The van der Waals surface area contributed by atoms with Crippen LogP contribution in [0.1, 0.15) is 28.8 Å². The van der Waals surface area contributed by atoms with E-state index in [-0.39, 0.29) is 5.91 Å². The fourth-order valence-electron chi connectivity index (χ4n) is 1.65. The average Bonchev–Trinajstić information content (AvgIpc) is 3.11. The lowest BCUT2D eigenvalue weighted by molar-refractivity contribution is 0.0952. The van der Waals surface area contributed by atoms with Gasteiger partial charge in [0.1, 0.15) is 0 Å². The standard InChI is InChI=1S/C13H18N2O/c14-8-7-10-3-5-12(6-4-10)13(16)15-9-11-1-2-11/h3-6,11H,1-2,7-9,14H2,(H,15,16). The molecule has 0 atom stereocenters. The first-order valence-corrected chi connectivity index (χ1v) is 5.87. The lowest BCUT2D eigenvalue weighted by Gasteiger charge is -2.05. The van der Waals surface area contributed by atoms with E-state index in [2.05, 4.69) is 5.32 Å². The van der Waals surface area contributed by atoms with Crippen LogP contribution in [0.25, 0.3) is 0 Å². The highest BCUT2D eigenvalue weighted by molar-refractivity contribution is 5.94. The van der Waals surface area contributed by atoms with E-state index in [1.807, 2.05) is 24.3 Å². The highest BCUT2D eigenvalue weighted by atomic mass is 16.1. The predicted octanol–water partition coefficient (Wildman–Crippen LogP) is 1.33. The molecule has 16 heavy (non-hydrogen) atoms. The molecule has 0 heterocycles.